The molecule has 1 rings (SSSR count). The van der Waals surface area contributed by atoms with E-state index in [0.29, 0.717) is 11.3 Å². The summed E-state index contributed by atoms with van der Waals surface area (Å²) in [6.07, 6.45) is -4.76. The third kappa shape index (κ3) is 3.34. The fourth-order valence-corrected chi connectivity index (χ4v) is 1.73. The highest BCUT2D eigenvalue weighted by Gasteiger charge is 2.48. The molecule has 1 amide bonds. The van der Waals surface area contributed by atoms with E-state index in [1.54, 1.807) is 13.8 Å². The number of carbonyl (C=O) groups is 2. The fraction of sp³-hybridized carbons (Fsp3) is 0.800. The van der Waals surface area contributed by atoms with Gasteiger partial charge in [0, 0.05) is 6.54 Å². The highest BCUT2D eigenvalue weighted by molar-refractivity contribution is 5.88. The van der Waals surface area contributed by atoms with E-state index in [2.05, 4.69) is 0 Å². The summed E-state index contributed by atoms with van der Waals surface area (Å²) in [7, 11) is 0. The number of likely N-dealkylation sites (tertiary alicyclic amines) is 1. The lowest BCUT2D eigenvalue weighted by Crippen LogP contribution is -2.47. The molecule has 1 aliphatic rings. The molecule has 7 heteroatoms. The van der Waals surface area contributed by atoms with Crippen molar-refractivity contribution in [2.45, 2.75) is 45.0 Å². The summed E-state index contributed by atoms with van der Waals surface area (Å²) >= 11 is 0. The van der Waals surface area contributed by atoms with E-state index >= 15 is 0 Å². The molecule has 1 saturated heterocycles. The average molecular weight is 253 g/mol. The van der Waals surface area contributed by atoms with Gasteiger partial charge in [-0.15, -0.1) is 0 Å². The Morgan fingerprint density at radius 1 is 1.35 bits per heavy atom. The number of halogens is 3. The second-order valence-corrected chi connectivity index (χ2v) is 4.14. The van der Waals surface area contributed by atoms with Crippen molar-refractivity contribution in [2.75, 3.05) is 6.54 Å². The number of amides is 1. The Morgan fingerprint density at radius 3 is 2.41 bits per heavy atom. The summed E-state index contributed by atoms with van der Waals surface area (Å²) in [6.45, 7) is 3.14. The van der Waals surface area contributed by atoms with Crippen LogP contribution < -0.4 is 0 Å². The summed E-state index contributed by atoms with van der Waals surface area (Å²) in [5, 5.41) is 0. The number of nitrogens with zero attached hydrogens (tertiary/aromatic N) is 1. The van der Waals surface area contributed by atoms with E-state index < -0.39 is 30.2 Å². The Labute approximate surface area is 96.7 Å². The SMILES string of the molecule is CC(C)OC(=O)[C@H]1CCCN1C(=O)C(F)(F)F. The van der Waals surface area contributed by atoms with Crippen LogP contribution in [-0.2, 0) is 14.3 Å². The number of ether oxygens (including phenoxy) is 1. The van der Waals surface area contributed by atoms with Crippen molar-refractivity contribution in [2.24, 2.45) is 0 Å². The minimum absolute atomic E-state index is 0.0593. The van der Waals surface area contributed by atoms with Crippen LogP contribution >= 0.6 is 0 Å². The number of carbonyl (C=O) groups excluding carboxylic acids is 2. The first-order valence-corrected chi connectivity index (χ1v) is 5.31. The van der Waals surface area contributed by atoms with Crippen molar-refractivity contribution in [3.63, 3.8) is 0 Å². The lowest BCUT2D eigenvalue weighted by Gasteiger charge is -2.24. The van der Waals surface area contributed by atoms with Gasteiger partial charge in [0.1, 0.15) is 6.04 Å². The standard InChI is InChI=1S/C10H14F3NO3/c1-6(2)17-8(15)7-4-3-5-14(7)9(16)10(11,12)13/h6-7H,3-5H2,1-2H3/t7-/m1/s1. The number of esters is 1. The normalized spacial score (nSPS) is 20.8. The van der Waals surface area contributed by atoms with E-state index in [0.717, 1.165) is 0 Å². The van der Waals surface area contributed by atoms with Gasteiger partial charge < -0.3 is 9.64 Å². The molecule has 1 heterocycles. The molecule has 1 fully saturated rings. The van der Waals surface area contributed by atoms with Gasteiger partial charge in [0.05, 0.1) is 6.10 Å². The zero-order valence-electron chi connectivity index (χ0n) is 9.58. The van der Waals surface area contributed by atoms with Crippen molar-refractivity contribution >= 4 is 11.9 Å². The van der Waals surface area contributed by atoms with Crippen LogP contribution in [0.4, 0.5) is 13.2 Å². The van der Waals surface area contributed by atoms with Crippen LogP contribution in [0.3, 0.4) is 0 Å². The molecular weight excluding hydrogens is 239 g/mol. The van der Waals surface area contributed by atoms with E-state index in [1.807, 2.05) is 0 Å². The van der Waals surface area contributed by atoms with E-state index in [9.17, 15) is 22.8 Å². The molecule has 0 unspecified atom stereocenters. The molecule has 0 N–H and O–H groups in total. The molecule has 0 aliphatic carbocycles. The van der Waals surface area contributed by atoms with Crippen LogP contribution in [0, 0.1) is 0 Å². The number of alkyl halides is 3. The molecule has 4 nitrogen and oxygen atoms in total. The molecule has 0 spiro atoms. The van der Waals surface area contributed by atoms with Gasteiger partial charge in [0.2, 0.25) is 0 Å². The zero-order valence-corrected chi connectivity index (χ0v) is 9.58. The molecular formula is C10H14F3NO3. The van der Waals surface area contributed by atoms with Gasteiger partial charge in [-0.25, -0.2) is 4.79 Å². The molecule has 0 radical (unpaired) electrons. The zero-order chi connectivity index (χ0) is 13.2. The monoisotopic (exact) mass is 253 g/mol. The Morgan fingerprint density at radius 2 is 1.94 bits per heavy atom. The maximum atomic E-state index is 12.3. The largest absolute Gasteiger partial charge is 0.471 e. The first kappa shape index (κ1) is 13.8. The Hall–Kier alpha value is -1.27. The quantitative estimate of drug-likeness (QED) is 0.700. The van der Waals surface area contributed by atoms with E-state index in [-0.39, 0.29) is 13.0 Å². The number of hydrogen-bond donors (Lipinski definition) is 0. The number of rotatable bonds is 2. The van der Waals surface area contributed by atoms with Crippen molar-refractivity contribution < 1.29 is 27.5 Å². The van der Waals surface area contributed by atoms with Crippen LogP contribution in [0.2, 0.25) is 0 Å². The topological polar surface area (TPSA) is 46.6 Å². The highest BCUT2D eigenvalue weighted by atomic mass is 19.4. The third-order valence-electron chi connectivity index (χ3n) is 2.38. The Bertz CT molecular complexity index is 314. The summed E-state index contributed by atoms with van der Waals surface area (Å²) < 4.78 is 41.6. The highest BCUT2D eigenvalue weighted by Crippen LogP contribution is 2.26. The van der Waals surface area contributed by atoms with Gasteiger partial charge >= 0.3 is 18.1 Å². The second kappa shape index (κ2) is 4.93. The van der Waals surface area contributed by atoms with Crippen molar-refractivity contribution in [1.82, 2.24) is 4.90 Å². The number of hydrogen-bond acceptors (Lipinski definition) is 3. The van der Waals surface area contributed by atoms with Gasteiger partial charge in [0.15, 0.2) is 0 Å². The maximum Gasteiger partial charge on any atom is 0.471 e. The third-order valence-corrected chi connectivity index (χ3v) is 2.38. The van der Waals surface area contributed by atoms with Gasteiger partial charge in [-0.2, -0.15) is 13.2 Å². The smallest absolute Gasteiger partial charge is 0.461 e. The molecule has 0 saturated carbocycles. The minimum atomic E-state index is -4.94. The summed E-state index contributed by atoms with van der Waals surface area (Å²) in [6, 6.07) is -1.11. The lowest BCUT2D eigenvalue weighted by molar-refractivity contribution is -0.188. The van der Waals surface area contributed by atoms with Gasteiger partial charge in [0.25, 0.3) is 0 Å². The van der Waals surface area contributed by atoms with Gasteiger partial charge in [-0.1, -0.05) is 0 Å². The van der Waals surface area contributed by atoms with Crippen LogP contribution in [0.5, 0.6) is 0 Å². The second-order valence-electron chi connectivity index (χ2n) is 4.14. The van der Waals surface area contributed by atoms with Crippen LogP contribution in [0.1, 0.15) is 26.7 Å². The summed E-state index contributed by atoms with van der Waals surface area (Å²) in [4.78, 5) is 23.1. The fourth-order valence-electron chi connectivity index (χ4n) is 1.73. The summed E-state index contributed by atoms with van der Waals surface area (Å²) in [5.41, 5.74) is 0. The molecule has 98 valence electrons. The molecule has 1 aliphatic heterocycles. The first-order chi connectivity index (χ1) is 7.73. The lowest BCUT2D eigenvalue weighted by atomic mass is 10.2. The van der Waals surface area contributed by atoms with Gasteiger partial charge in [-0.3, -0.25) is 4.79 Å². The predicted octanol–water partition coefficient (Wildman–Crippen LogP) is 1.49. The van der Waals surface area contributed by atoms with Crippen molar-refractivity contribution in [3.05, 3.63) is 0 Å². The van der Waals surface area contributed by atoms with Crippen molar-refractivity contribution in [1.29, 1.82) is 0 Å². The molecule has 0 aromatic carbocycles. The molecule has 0 aromatic heterocycles. The molecule has 0 bridgehead atoms. The summed E-state index contributed by atoms with van der Waals surface area (Å²) in [5.74, 6) is -2.74. The van der Waals surface area contributed by atoms with E-state index in [1.165, 1.54) is 0 Å². The average Bonchev–Trinajstić information content (AvgIpc) is 2.61. The molecule has 1 atom stereocenters. The Balaban J connectivity index is 2.73. The predicted molar refractivity (Wildman–Crippen MR) is 52.0 cm³/mol. The minimum Gasteiger partial charge on any atom is -0.461 e. The molecule has 0 aromatic rings. The van der Waals surface area contributed by atoms with E-state index in [4.69, 9.17) is 4.74 Å². The van der Waals surface area contributed by atoms with Gasteiger partial charge in [-0.05, 0) is 26.7 Å². The van der Waals surface area contributed by atoms with Crippen LogP contribution in [-0.4, -0.2) is 41.6 Å². The van der Waals surface area contributed by atoms with Crippen molar-refractivity contribution in [3.8, 4) is 0 Å². The van der Waals surface area contributed by atoms with Crippen LogP contribution in [0.25, 0.3) is 0 Å². The van der Waals surface area contributed by atoms with Crippen LogP contribution in [0.15, 0.2) is 0 Å². The maximum absolute atomic E-state index is 12.3. The molecule has 17 heavy (non-hydrogen) atoms. The Kier molecular flexibility index (Phi) is 4.00. The first-order valence-electron chi connectivity index (χ1n) is 5.31.